The van der Waals surface area contributed by atoms with Gasteiger partial charge in [-0.15, -0.1) is 11.3 Å². The number of halogens is 2. The molecule has 9 heteroatoms. The summed E-state index contributed by atoms with van der Waals surface area (Å²) in [4.78, 5) is 3.42. The molecule has 0 spiro atoms. The maximum Gasteiger partial charge on any atom is 0.266 e. The Morgan fingerprint density at radius 2 is 2.20 bits per heavy atom. The molecule has 1 aromatic heterocycles. The van der Waals surface area contributed by atoms with Gasteiger partial charge in [-0.2, -0.15) is 0 Å². The van der Waals surface area contributed by atoms with E-state index >= 15 is 0 Å². The predicted molar refractivity (Wildman–Crippen MR) is 77.0 cm³/mol. The van der Waals surface area contributed by atoms with Crippen LogP contribution >= 0.6 is 22.9 Å². The minimum absolute atomic E-state index is 0.0354. The van der Waals surface area contributed by atoms with Crippen LogP contribution in [0.1, 0.15) is 11.3 Å². The van der Waals surface area contributed by atoms with E-state index in [1.165, 1.54) is 6.07 Å². The van der Waals surface area contributed by atoms with Crippen molar-refractivity contribution in [2.75, 3.05) is 4.72 Å². The largest absolute Gasteiger partial charge is 0.326 e. The Morgan fingerprint density at radius 3 is 2.75 bits per heavy atom. The van der Waals surface area contributed by atoms with Gasteiger partial charge in [0.15, 0.2) is 5.13 Å². The van der Waals surface area contributed by atoms with Gasteiger partial charge in [-0.1, -0.05) is 11.6 Å². The molecule has 1 heterocycles. The fraction of sp³-hybridized carbons (Fsp3) is 0.182. The van der Waals surface area contributed by atoms with Crippen LogP contribution in [0.25, 0.3) is 0 Å². The van der Waals surface area contributed by atoms with Gasteiger partial charge in [0.05, 0.1) is 5.69 Å². The Balaban J connectivity index is 2.46. The van der Waals surface area contributed by atoms with E-state index in [-0.39, 0.29) is 22.3 Å². The van der Waals surface area contributed by atoms with Gasteiger partial charge in [0.2, 0.25) is 0 Å². The molecular weight excluding hydrogens is 325 g/mol. The summed E-state index contributed by atoms with van der Waals surface area (Å²) in [6.45, 7) is 1.58. The first-order chi connectivity index (χ1) is 9.33. The number of hydrogen-bond donors (Lipinski definition) is 2. The number of nitrogens with one attached hydrogen (secondary N) is 1. The molecule has 0 fully saturated rings. The zero-order chi connectivity index (χ0) is 14.9. The third kappa shape index (κ3) is 3.09. The number of anilines is 1. The average Bonchev–Trinajstić information content (AvgIpc) is 2.76. The smallest absolute Gasteiger partial charge is 0.266 e. The van der Waals surface area contributed by atoms with Crippen molar-refractivity contribution < 1.29 is 12.8 Å². The Labute approximate surface area is 124 Å². The second-order valence-electron chi connectivity index (χ2n) is 3.98. The Kier molecular flexibility index (Phi) is 4.28. The lowest BCUT2D eigenvalue weighted by Gasteiger charge is -2.09. The van der Waals surface area contributed by atoms with Gasteiger partial charge in [0, 0.05) is 22.5 Å². The molecule has 0 saturated heterocycles. The lowest BCUT2D eigenvalue weighted by atomic mass is 10.2. The quantitative estimate of drug-likeness (QED) is 0.899. The van der Waals surface area contributed by atoms with E-state index in [0.717, 1.165) is 17.4 Å². The SMILES string of the molecule is Cc1csc(NS(=O)(=O)c2cc(Cl)cc(CN)c2F)n1. The minimum atomic E-state index is -4.10. The summed E-state index contributed by atoms with van der Waals surface area (Å²) in [5.41, 5.74) is 6.07. The van der Waals surface area contributed by atoms with Gasteiger partial charge >= 0.3 is 0 Å². The first kappa shape index (κ1) is 15.2. The number of benzene rings is 1. The van der Waals surface area contributed by atoms with E-state index in [9.17, 15) is 12.8 Å². The van der Waals surface area contributed by atoms with Crippen molar-refractivity contribution in [3.8, 4) is 0 Å². The van der Waals surface area contributed by atoms with Crippen molar-refractivity contribution in [2.45, 2.75) is 18.4 Å². The molecule has 0 aliphatic carbocycles. The molecule has 0 amide bonds. The zero-order valence-corrected chi connectivity index (χ0v) is 12.7. The molecule has 0 aliphatic rings. The Morgan fingerprint density at radius 1 is 1.50 bits per heavy atom. The van der Waals surface area contributed by atoms with Gasteiger partial charge in [-0.25, -0.2) is 17.8 Å². The van der Waals surface area contributed by atoms with E-state index < -0.39 is 20.7 Å². The highest BCUT2D eigenvalue weighted by atomic mass is 35.5. The summed E-state index contributed by atoms with van der Waals surface area (Å²) in [6.07, 6.45) is 0. The molecule has 108 valence electrons. The molecule has 3 N–H and O–H groups in total. The van der Waals surface area contributed by atoms with E-state index in [1.807, 2.05) is 0 Å². The summed E-state index contributed by atoms with van der Waals surface area (Å²) in [7, 11) is -4.10. The Hall–Kier alpha value is -1.22. The van der Waals surface area contributed by atoms with Crippen molar-refractivity contribution >= 4 is 38.1 Å². The van der Waals surface area contributed by atoms with Crippen LogP contribution < -0.4 is 10.5 Å². The molecule has 20 heavy (non-hydrogen) atoms. The maximum atomic E-state index is 14.1. The first-order valence-corrected chi connectivity index (χ1v) is 8.20. The number of hydrogen-bond acceptors (Lipinski definition) is 5. The Bertz CT molecular complexity index is 746. The molecule has 1 aromatic carbocycles. The summed E-state index contributed by atoms with van der Waals surface area (Å²) >= 11 is 6.90. The highest BCUT2D eigenvalue weighted by Gasteiger charge is 2.23. The molecule has 2 rings (SSSR count). The van der Waals surface area contributed by atoms with Crippen molar-refractivity contribution in [1.29, 1.82) is 0 Å². The number of nitrogens with two attached hydrogens (primary N) is 1. The topological polar surface area (TPSA) is 85.1 Å². The van der Waals surface area contributed by atoms with Crippen molar-refractivity contribution in [3.63, 3.8) is 0 Å². The third-order valence-corrected chi connectivity index (χ3v) is 4.99. The van der Waals surface area contributed by atoms with Gasteiger partial charge in [-0.3, -0.25) is 4.72 Å². The van der Waals surface area contributed by atoms with Crippen LogP contribution in [0.2, 0.25) is 5.02 Å². The van der Waals surface area contributed by atoms with Crippen LogP contribution in [0.3, 0.4) is 0 Å². The average molecular weight is 336 g/mol. The van der Waals surface area contributed by atoms with E-state index in [1.54, 1.807) is 12.3 Å². The van der Waals surface area contributed by atoms with Crippen LogP contribution in [-0.4, -0.2) is 13.4 Å². The highest BCUT2D eigenvalue weighted by molar-refractivity contribution is 7.93. The number of aryl methyl sites for hydroxylation is 1. The summed E-state index contributed by atoms with van der Waals surface area (Å²) in [5, 5.41) is 1.94. The zero-order valence-electron chi connectivity index (χ0n) is 10.4. The minimum Gasteiger partial charge on any atom is -0.326 e. The molecule has 5 nitrogen and oxygen atoms in total. The van der Waals surface area contributed by atoms with Crippen LogP contribution in [0.5, 0.6) is 0 Å². The van der Waals surface area contributed by atoms with Crippen molar-refractivity contribution in [2.24, 2.45) is 5.73 Å². The van der Waals surface area contributed by atoms with Gasteiger partial charge in [0.25, 0.3) is 10.0 Å². The van der Waals surface area contributed by atoms with Crippen LogP contribution in [0.15, 0.2) is 22.4 Å². The summed E-state index contributed by atoms with van der Waals surface area (Å²) in [5.74, 6) is -0.905. The molecule has 0 atom stereocenters. The van der Waals surface area contributed by atoms with Gasteiger partial charge in [0.1, 0.15) is 10.7 Å². The number of thiazole rings is 1. The van der Waals surface area contributed by atoms with E-state index in [4.69, 9.17) is 17.3 Å². The molecule has 2 aromatic rings. The van der Waals surface area contributed by atoms with E-state index in [0.29, 0.717) is 5.69 Å². The molecule has 0 radical (unpaired) electrons. The summed E-state index contributed by atoms with van der Waals surface area (Å²) < 4.78 is 40.6. The fourth-order valence-corrected chi connectivity index (χ4v) is 3.93. The predicted octanol–water partition coefficient (Wildman–Crippen LogP) is 2.50. The van der Waals surface area contributed by atoms with Crippen LogP contribution in [-0.2, 0) is 16.6 Å². The maximum absolute atomic E-state index is 14.1. The fourth-order valence-electron chi connectivity index (χ4n) is 1.53. The highest BCUT2D eigenvalue weighted by Crippen LogP contribution is 2.26. The molecule has 0 aliphatic heterocycles. The second kappa shape index (κ2) is 5.65. The standard InChI is InChI=1S/C11H11ClFN3O2S2/c1-6-5-19-11(15-6)16-20(17,18)9-3-8(12)2-7(4-14)10(9)13/h2-3,5H,4,14H2,1H3,(H,15,16). The number of sulfonamides is 1. The molecule has 0 unspecified atom stereocenters. The number of rotatable bonds is 4. The van der Waals surface area contributed by atoms with Gasteiger partial charge < -0.3 is 5.73 Å². The van der Waals surface area contributed by atoms with Crippen molar-refractivity contribution in [3.05, 3.63) is 39.6 Å². The van der Waals surface area contributed by atoms with Gasteiger partial charge in [-0.05, 0) is 19.1 Å². The number of aromatic nitrogens is 1. The monoisotopic (exact) mass is 335 g/mol. The van der Waals surface area contributed by atoms with Crippen molar-refractivity contribution in [1.82, 2.24) is 4.98 Å². The van der Waals surface area contributed by atoms with E-state index in [2.05, 4.69) is 9.71 Å². The normalized spacial score (nSPS) is 11.6. The number of nitrogens with zero attached hydrogens (tertiary/aromatic N) is 1. The van der Waals surface area contributed by atoms with Crippen LogP contribution in [0, 0.1) is 12.7 Å². The molecule has 0 bridgehead atoms. The molecule has 0 saturated carbocycles. The summed E-state index contributed by atoms with van der Waals surface area (Å²) in [6, 6.07) is 2.34. The lowest BCUT2D eigenvalue weighted by Crippen LogP contribution is -2.16. The molecular formula is C11H11ClFN3O2S2. The third-order valence-electron chi connectivity index (χ3n) is 2.43. The first-order valence-electron chi connectivity index (χ1n) is 5.46. The van der Waals surface area contributed by atoms with Crippen LogP contribution in [0.4, 0.5) is 9.52 Å². The second-order valence-corrected chi connectivity index (χ2v) is 6.93. The lowest BCUT2D eigenvalue weighted by molar-refractivity contribution is 0.561.